The largest absolute Gasteiger partial charge is 0.339 e. The predicted octanol–water partition coefficient (Wildman–Crippen LogP) is 1.71. The Labute approximate surface area is 115 Å². The lowest BCUT2D eigenvalue weighted by Crippen LogP contribution is -2.30. The number of nitrogens with one attached hydrogen (secondary N) is 1. The molecule has 0 radical (unpaired) electrons. The average Bonchev–Trinajstić information content (AvgIpc) is 2.68. The molecule has 1 unspecified atom stereocenters. The lowest BCUT2D eigenvalue weighted by molar-refractivity contribution is 0.489. The number of fused-ring (bicyclic) bond motifs is 1. The maximum atomic E-state index is 4.86. The zero-order chi connectivity index (χ0) is 13.2. The minimum atomic E-state index is 0.781. The predicted molar refractivity (Wildman–Crippen MR) is 77.7 cm³/mol. The van der Waals surface area contributed by atoms with E-state index in [1.54, 1.807) is 0 Å². The molecule has 0 spiro atoms. The summed E-state index contributed by atoms with van der Waals surface area (Å²) in [5.74, 6) is 1.73. The van der Waals surface area contributed by atoms with Crippen molar-refractivity contribution in [1.82, 2.24) is 15.3 Å². The van der Waals surface area contributed by atoms with Gasteiger partial charge in [-0.05, 0) is 50.6 Å². The highest BCUT2D eigenvalue weighted by atomic mass is 15.3. The molecule has 0 saturated carbocycles. The van der Waals surface area contributed by atoms with E-state index in [1.807, 2.05) is 0 Å². The van der Waals surface area contributed by atoms with Crippen molar-refractivity contribution < 1.29 is 0 Å². The summed E-state index contributed by atoms with van der Waals surface area (Å²) >= 11 is 0. The summed E-state index contributed by atoms with van der Waals surface area (Å²) in [7, 11) is 0. The Morgan fingerprint density at radius 1 is 1.21 bits per heavy atom. The van der Waals surface area contributed by atoms with E-state index in [1.165, 1.54) is 29.8 Å². The zero-order valence-electron chi connectivity index (χ0n) is 12.1. The summed E-state index contributed by atoms with van der Waals surface area (Å²) in [6.45, 7) is 8.72. The number of aryl methyl sites for hydroxylation is 2. The molecule has 2 aliphatic rings. The minimum Gasteiger partial charge on any atom is -0.339 e. The maximum absolute atomic E-state index is 4.86. The molecule has 1 N–H and O–H groups in total. The van der Waals surface area contributed by atoms with E-state index in [2.05, 4.69) is 24.1 Å². The van der Waals surface area contributed by atoms with E-state index in [4.69, 9.17) is 9.97 Å². The first-order chi connectivity index (χ1) is 9.24. The highest BCUT2D eigenvalue weighted by Gasteiger charge is 2.21. The first-order valence-corrected chi connectivity index (χ1v) is 7.56. The molecule has 0 bridgehead atoms. The first kappa shape index (κ1) is 12.9. The summed E-state index contributed by atoms with van der Waals surface area (Å²) in [5.41, 5.74) is 3.91. The molecule has 1 aliphatic carbocycles. The Morgan fingerprint density at radius 2 is 2.11 bits per heavy atom. The summed E-state index contributed by atoms with van der Waals surface area (Å²) < 4.78 is 0. The Morgan fingerprint density at radius 3 is 3.00 bits per heavy atom. The SMILES string of the molecule is Cc1nc(N2CCCNCC2)nc2c1CC(C)CC2. The van der Waals surface area contributed by atoms with Gasteiger partial charge >= 0.3 is 0 Å². The number of anilines is 1. The molecule has 0 aromatic carbocycles. The third kappa shape index (κ3) is 2.73. The van der Waals surface area contributed by atoms with Crippen LogP contribution in [0, 0.1) is 12.8 Å². The Balaban J connectivity index is 1.88. The van der Waals surface area contributed by atoms with Gasteiger partial charge in [0.15, 0.2) is 0 Å². The standard InChI is InChI=1S/C15H24N4/c1-11-4-5-14-13(10-11)12(2)17-15(18-14)19-8-3-6-16-7-9-19/h11,16H,3-10H2,1-2H3. The molecule has 19 heavy (non-hydrogen) atoms. The molecular weight excluding hydrogens is 236 g/mol. The van der Waals surface area contributed by atoms with Crippen molar-refractivity contribution in [1.29, 1.82) is 0 Å². The number of hydrogen-bond acceptors (Lipinski definition) is 4. The Kier molecular flexibility index (Phi) is 3.69. The van der Waals surface area contributed by atoms with Gasteiger partial charge in [0.05, 0.1) is 0 Å². The molecule has 2 heterocycles. The molecule has 1 saturated heterocycles. The zero-order valence-corrected chi connectivity index (χ0v) is 12.1. The van der Waals surface area contributed by atoms with Gasteiger partial charge in [-0.25, -0.2) is 9.97 Å². The van der Waals surface area contributed by atoms with Crippen LogP contribution in [-0.4, -0.2) is 36.1 Å². The van der Waals surface area contributed by atoms with E-state index in [9.17, 15) is 0 Å². The molecule has 0 amide bonds. The summed E-state index contributed by atoms with van der Waals surface area (Å²) in [5, 5.41) is 3.43. The molecule has 1 aliphatic heterocycles. The monoisotopic (exact) mass is 260 g/mol. The molecule has 104 valence electrons. The van der Waals surface area contributed by atoms with E-state index in [0.717, 1.165) is 50.9 Å². The summed E-state index contributed by atoms with van der Waals surface area (Å²) in [6, 6.07) is 0. The molecular formula is C15H24N4. The van der Waals surface area contributed by atoms with Crippen LogP contribution in [0.2, 0.25) is 0 Å². The normalized spacial score (nSPS) is 23.9. The van der Waals surface area contributed by atoms with Crippen LogP contribution in [-0.2, 0) is 12.8 Å². The van der Waals surface area contributed by atoms with Crippen molar-refractivity contribution in [3.63, 3.8) is 0 Å². The van der Waals surface area contributed by atoms with E-state index < -0.39 is 0 Å². The lowest BCUT2D eigenvalue weighted by atomic mass is 9.87. The molecule has 1 fully saturated rings. The van der Waals surface area contributed by atoms with Gasteiger partial charge in [-0.3, -0.25) is 0 Å². The van der Waals surface area contributed by atoms with E-state index in [0.29, 0.717) is 0 Å². The van der Waals surface area contributed by atoms with E-state index in [-0.39, 0.29) is 0 Å². The lowest BCUT2D eigenvalue weighted by Gasteiger charge is -2.26. The van der Waals surface area contributed by atoms with E-state index >= 15 is 0 Å². The smallest absolute Gasteiger partial charge is 0.225 e. The van der Waals surface area contributed by atoms with Crippen molar-refractivity contribution in [3.8, 4) is 0 Å². The number of hydrogen-bond donors (Lipinski definition) is 1. The minimum absolute atomic E-state index is 0.781. The van der Waals surface area contributed by atoms with Gasteiger partial charge in [0.2, 0.25) is 5.95 Å². The van der Waals surface area contributed by atoms with Gasteiger partial charge in [-0.2, -0.15) is 0 Å². The second-order valence-corrected chi connectivity index (χ2v) is 5.97. The fourth-order valence-electron chi connectivity index (χ4n) is 3.13. The maximum Gasteiger partial charge on any atom is 0.225 e. The highest BCUT2D eigenvalue weighted by Crippen LogP contribution is 2.27. The van der Waals surface area contributed by atoms with Gasteiger partial charge in [-0.1, -0.05) is 6.92 Å². The van der Waals surface area contributed by atoms with Crippen molar-refractivity contribution in [2.75, 3.05) is 31.1 Å². The van der Waals surface area contributed by atoms with Crippen LogP contribution in [0.1, 0.15) is 36.7 Å². The highest BCUT2D eigenvalue weighted by molar-refractivity contribution is 5.38. The van der Waals surface area contributed by atoms with Crippen LogP contribution in [0.4, 0.5) is 5.95 Å². The number of rotatable bonds is 1. The quantitative estimate of drug-likeness (QED) is 0.834. The second-order valence-electron chi connectivity index (χ2n) is 5.97. The van der Waals surface area contributed by atoms with Gasteiger partial charge in [-0.15, -0.1) is 0 Å². The van der Waals surface area contributed by atoms with Gasteiger partial charge in [0.1, 0.15) is 0 Å². The van der Waals surface area contributed by atoms with Crippen LogP contribution in [0.3, 0.4) is 0 Å². The Bertz CT molecular complexity index is 450. The number of aromatic nitrogens is 2. The van der Waals surface area contributed by atoms with Crippen LogP contribution < -0.4 is 10.2 Å². The fourth-order valence-corrected chi connectivity index (χ4v) is 3.13. The third-order valence-corrected chi connectivity index (χ3v) is 4.34. The van der Waals surface area contributed by atoms with Crippen LogP contribution in [0.5, 0.6) is 0 Å². The third-order valence-electron chi connectivity index (χ3n) is 4.34. The Hall–Kier alpha value is -1.16. The molecule has 4 nitrogen and oxygen atoms in total. The van der Waals surface area contributed by atoms with Gasteiger partial charge in [0.25, 0.3) is 0 Å². The summed E-state index contributed by atoms with van der Waals surface area (Å²) in [6.07, 6.45) is 4.73. The van der Waals surface area contributed by atoms with Crippen molar-refractivity contribution in [3.05, 3.63) is 17.0 Å². The van der Waals surface area contributed by atoms with Crippen molar-refractivity contribution in [2.24, 2.45) is 5.92 Å². The second kappa shape index (κ2) is 5.45. The van der Waals surface area contributed by atoms with Gasteiger partial charge in [0, 0.05) is 31.0 Å². The molecule has 4 heteroatoms. The van der Waals surface area contributed by atoms with Crippen molar-refractivity contribution in [2.45, 2.75) is 39.5 Å². The van der Waals surface area contributed by atoms with Crippen LogP contribution >= 0.6 is 0 Å². The first-order valence-electron chi connectivity index (χ1n) is 7.56. The molecule has 3 rings (SSSR count). The average molecular weight is 260 g/mol. The number of nitrogens with zero attached hydrogens (tertiary/aromatic N) is 3. The molecule has 1 aromatic rings. The molecule has 1 aromatic heterocycles. The molecule has 1 atom stereocenters. The topological polar surface area (TPSA) is 41.1 Å². The van der Waals surface area contributed by atoms with Crippen LogP contribution in [0.15, 0.2) is 0 Å². The van der Waals surface area contributed by atoms with Crippen molar-refractivity contribution >= 4 is 5.95 Å². The van der Waals surface area contributed by atoms with Crippen LogP contribution in [0.25, 0.3) is 0 Å². The fraction of sp³-hybridized carbons (Fsp3) is 0.733. The van der Waals surface area contributed by atoms with Gasteiger partial charge < -0.3 is 10.2 Å². The summed E-state index contributed by atoms with van der Waals surface area (Å²) in [4.78, 5) is 12.0.